The van der Waals surface area contributed by atoms with Crippen molar-refractivity contribution in [2.45, 2.75) is 57.9 Å². The standard InChI is InChI=1S/C22H31N3O3/c1-16-3-7-18(8-4-16)24-22(26)10-6-17-5-9-20(21(15-17)27-2)28-14-12-19-11-13-23-25-19/h5,9,11,13,15-16,18H,3-4,6-8,10,12,14H2,1-2H3,(H,23,25)(H,24,26). The molecular weight excluding hydrogens is 354 g/mol. The van der Waals surface area contributed by atoms with E-state index in [1.165, 1.54) is 12.8 Å². The van der Waals surface area contributed by atoms with Crippen LogP contribution in [-0.2, 0) is 17.6 Å². The molecule has 152 valence electrons. The summed E-state index contributed by atoms with van der Waals surface area (Å²) in [6, 6.07) is 8.17. The Morgan fingerprint density at radius 2 is 2.00 bits per heavy atom. The van der Waals surface area contributed by atoms with E-state index in [-0.39, 0.29) is 5.91 Å². The lowest BCUT2D eigenvalue weighted by Crippen LogP contribution is -2.37. The van der Waals surface area contributed by atoms with Crippen LogP contribution in [-0.4, -0.2) is 35.9 Å². The second-order valence-corrected chi connectivity index (χ2v) is 7.69. The number of amides is 1. The quantitative estimate of drug-likeness (QED) is 0.691. The van der Waals surface area contributed by atoms with Crippen molar-refractivity contribution >= 4 is 5.91 Å². The van der Waals surface area contributed by atoms with Crippen molar-refractivity contribution in [2.24, 2.45) is 5.92 Å². The Morgan fingerprint density at radius 3 is 2.71 bits per heavy atom. The zero-order chi connectivity index (χ0) is 19.8. The van der Waals surface area contributed by atoms with Gasteiger partial charge < -0.3 is 14.8 Å². The molecule has 0 atom stereocenters. The Hall–Kier alpha value is -2.50. The molecule has 0 spiro atoms. The van der Waals surface area contributed by atoms with Crippen LogP contribution >= 0.6 is 0 Å². The van der Waals surface area contributed by atoms with Crippen molar-refractivity contribution in [2.75, 3.05) is 13.7 Å². The first-order chi connectivity index (χ1) is 13.6. The number of ether oxygens (including phenoxy) is 2. The molecule has 1 aromatic carbocycles. The number of aromatic nitrogens is 2. The number of hydrogen-bond acceptors (Lipinski definition) is 4. The number of carbonyl (C=O) groups excluding carboxylic acids is 1. The smallest absolute Gasteiger partial charge is 0.220 e. The van der Waals surface area contributed by atoms with Gasteiger partial charge in [0, 0.05) is 30.8 Å². The molecule has 1 aliphatic carbocycles. The number of methoxy groups -OCH3 is 1. The Kier molecular flexibility index (Phi) is 7.34. The highest BCUT2D eigenvalue weighted by Crippen LogP contribution is 2.29. The highest BCUT2D eigenvalue weighted by Gasteiger charge is 2.19. The van der Waals surface area contributed by atoms with E-state index in [1.807, 2.05) is 24.3 Å². The fourth-order valence-corrected chi connectivity index (χ4v) is 3.64. The third kappa shape index (κ3) is 6.01. The fourth-order valence-electron chi connectivity index (χ4n) is 3.64. The molecule has 1 saturated carbocycles. The lowest BCUT2D eigenvalue weighted by Gasteiger charge is -2.26. The van der Waals surface area contributed by atoms with Gasteiger partial charge in [-0.05, 0) is 61.8 Å². The number of hydrogen-bond donors (Lipinski definition) is 2. The second kappa shape index (κ2) is 10.2. The lowest BCUT2D eigenvalue weighted by molar-refractivity contribution is -0.122. The van der Waals surface area contributed by atoms with Gasteiger partial charge in [0.05, 0.1) is 13.7 Å². The van der Waals surface area contributed by atoms with E-state index in [9.17, 15) is 4.79 Å². The van der Waals surface area contributed by atoms with E-state index in [0.29, 0.717) is 37.0 Å². The summed E-state index contributed by atoms with van der Waals surface area (Å²) in [6.45, 7) is 2.83. The third-order valence-corrected chi connectivity index (χ3v) is 5.44. The minimum atomic E-state index is 0.137. The maximum Gasteiger partial charge on any atom is 0.220 e. The zero-order valence-corrected chi connectivity index (χ0v) is 16.9. The minimum absolute atomic E-state index is 0.137. The number of benzene rings is 1. The molecule has 0 bridgehead atoms. The zero-order valence-electron chi connectivity index (χ0n) is 16.9. The molecular formula is C22H31N3O3. The van der Waals surface area contributed by atoms with Crippen molar-refractivity contribution in [1.29, 1.82) is 0 Å². The van der Waals surface area contributed by atoms with E-state index >= 15 is 0 Å². The maximum absolute atomic E-state index is 12.3. The van der Waals surface area contributed by atoms with Gasteiger partial charge in [-0.25, -0.2) is 0 Å². The van der Waals surface area contributed by atoms with Crippen LogP contribution in [0.2, 0.25) is 0 Å². The minimum Gasteiger partial charge on any atom is -0.493 e. The average Bonchev–Trinajstić information content (AvgIpc) is 3.22. The number of rotatable bonds is 9. The molecule has 1 heterocycles. The molecule has 6 nitrogen and oxygen atoms in total. The maximum atomic E-state index is 12.3. The average molecular weight is 386 g/mol. The van der Waals surface area contributed by atoms with Crippen LogP contribution in [0.15, 0.2) is 30.5 Å². The molecule has 0 radical (unpaired) electrons. The number of aromatic amines is 1. The Morgan fingerprint density at radius 1 is 1.18 bits per heavy atom. The molecule has 1 amide bonds. The molecule has 2 aromatic rings. The fraction of sp³-hybridized carbons (Fsp3) is 0.545. The van der Waals surface area contributed by atoms with E-state index < -0.39 is 0 Å². The SMILES string of the molecule is COc1cc(CCC(=O)NC2CCC(C)CC2)ccc1OCCc1ccn[nH]1. The first-order valence-electron chi connectivity index (χ1n) is 10.2. The molecule has 6 heteroatoms. The number of nitrogens with one attached hydrogen (secondary N) is 2. The predicted octanol–water partition coefficient (Wildman–Crippen LogP) is 3.67. The molecule has 0 unspecified atom stereocenters. The first kappa shape index (κ1) is 20.2. The van der Waals surface area contributed by atoms with Crippen molar-refractivity contribution in [3.05, 3.63) is 41.7 Å². The summed E-state index contributed by atoms with van der Waals surface area (Å²) in [5, 5.41) is 10.0. The van der Waals surface area contributed by atoms with Gasteiger partial charge in [0.1, 0.15) is 0 Å². The summed E-state index contributed by atoms with van der Waals surface area (Å²) < 4.78 is 11.3. The molecule has 1 fully saturated rings. The number of aryl methyl sites for hydroxylation is 1. The summed E-state index contributed by atoms with van der Waals surface area (Å²) in [5.74, 6) is 2.34. The van der Waals surface area contributed by atoms with Gasteiger partial charge in [0.15, 0.2) is 11.5 Å². The lowest BCUT2D eigenvalue weighted by atomic mass is 9.87. The van der Waals surface area contributed by atoms with E-state index in [0.717, 1.165) is 36.4 Å². The summed E-state index contributed by atoms with van der Waals surface area (Å²) in [5.41, 5.74) is 2.11. The predicted molar refractivity (Wildman–Crippen MR) is 109 cm³/mol. The summed E-state index contributed by atoms with van der Waals surface area (Å²) >= 11 is 0. The highest BCUT2D eigenvalue weighted by atomic mass is 16.5. The van der Waals surface area contributed by atoms with Crippen LogP contribution in [0.3, 0.4) is 0 Å². The van der Waals surface area contributed by atoms with Crippen molar-refractivity contribution in [1.82, 2.24) is 15.5 Å². The normalized spacial score (nSPS) is 19.2. The Balaban J connectivity index is 1.45. The number of nitrogens with zero attached hydrogens (tertiary/aromatic N) is 1. The van der Waals surface area contributed by atoms with Crippen molar-refractivity contribution in [3.8, 4) is 11.5 Å². The third-order valence-electron chi connectivity index (χ3n) is 5.44. The molecule has 2 N–H and O–H groups in total. The van der Waals surface area contributed by atoms with Crippen LogP contribution in [0.1, 0.15) is 50.3 Å². The first-order valence-corrected chi connectivity index (χ1v) is 10.2. The monoisotopic (exact) mass is 385 g/mol. The summed E-state index contributed by atoms with van der Waals surface area (Å²) in [4.78, 5) is 12.3. The van der Waals surface area contributed by atoms with Gasteiger partial charge in [-0.3, -0.25) is 9.89 Å². The molecule has 0 aliphatic heterocycles. The van der Waals surface area contributed by atoms with Gasteiger partial charge in [-0.1, -0.05) is 13.0 Å². The Bertz CT molecular complexity index is 737. The van der Waals surface area contributed by atoms with Crippen LogP contribution in [0.25, 0.3) is 0 Å². The largest absolute Gasteiger partial charge is 0.493 e. The molecule has 0 saturated heterocycles. The van der Waals surface area contributed by atoms with Crippen molar-refractivity contribution < 1.29 is 14.3 Å². The summed E-state index contributed by atoms with van der Waals surface area (Å²) in [6.07, 6.45) is 8.31. The molecule has 28 heavy (non-hydrogen) atoms. The molecule has 1 aliphatic rings. The van der Waals surface area contributed by atoms with Crippen LogP contribution in [0.5, 0.6) is 11.5 Å². The van der Waals surface area contributed by atoms with Crippen LogP contribution in [0, 0.1) is 5.92 Å². The van der Waals surface area contributed by atoms with Crippen LogP contribution < -0.4 is 14.8 Å². The van der Waals surface area contributed by atoms with E-state index in [2.05, 4.69) is 22.4 Å². The van der Waals surface area contributed by atoms with Gasteiger partial charge >= 0.3 is 0 Å². The number of H-pyrrole nitrogens is 1. The second-order valence-electron chi connectivity index (χ2n) is 7.69. The summed E-state index contributed by atoms with van der Waals surface area (Å²) in [7, 11) is 1.64. The van der Waals surface area contributed by atoms with Gasteiger partial charge in [0.25, 0.3) is 0 Å². The Labute approximate surface area is 167 Å². The van der Waals surface area contributed by atoms with Crippen LogP contribution in [0.4, 0.5) is 0 Å². The number of carbonyl (C=O) groups is 1. The van der Waals surface area contributed by atoms with Gasteiger partial charge in [-0.2, -0.15) is 5.10 Å². The van der Waals surface area contributed by atoms with Gasteiger partial charge in [0.2, 0.25) is 5.91 Å². The highest BCUT2D eigenvalue weighted by molar-refractivity contribution is 5.76. The van der Waals surface area contributed by atoms with Crippen molar-refractivity contribution in [3.63, 3.8) is 0 Å². The topological polar surface area (TPSA) is 76.2 Å². The molecule has 1 aromatic heterocycles. The molecule has 3 rings (SSSR count). The van der Waals surface area contributed by atoms with E-state index in [4.69, 9.17) is 9.47 Å². The van der Waals surface area contributed by atoms with E-state index in [1.54, 1.807) is 13.3 Å². The van der Waals surface area contributed by atoms with Gasteiger partial charge in [-0.15, -0.1) is 0 Å².